The lowest BCUT2D eigenvalue weighted by molar-refractivity contribution is 1.18. The second kappa shape index (κ2) is 5.48. The highest BCUT2D eigenvalue weighted by Gasteiger charge is 2.13. The molecule has 0 aliphatic carbocycles. The van der Waals surface area contributed by atoms with Gasteiger partial charge in [0, 0.05) is 38.3 Å². The third-order valence-electron chi connectivity index (χ3n) is 5.55. The molecule has 0 aliphatic rings. The molecule has 0 spiro atoms. The maximum absolute atomic E-state index is 9.32. The molecule has 0 unspecified atom stereocenters. The zero-order valence-corrected chi connectivity index (χ0v) is 15.0. The quantitative estimate of drug-likeness (QED) is 0.369. The number of nitrogens with zero attached hydrogens (tertiary/aromatic N) is 2. The molecule has 0 radical (unpaired) electrons. The summed E-state index contributed by atoms with van der Waals surface area (Å²) in [6, 6.07) is 31.5. The van der Waals surface area contributed by atoms with Crippen LogP contribution in [-0.4, -0.2) is 9.55 Å². The van der Waals surface area contributed by atoms with Gasteiger partial charge in [0.1, 0.15) is 0 Å². The second-order valence-corrected chi connectivity index (χ2v) is 7.10. The molecule has 0 atom stereocenters. The number of para-hydroxylation sites is 2. The molecule has 2 aromatic heterocycles. The molecular formula is C25H15N3. The number of hydrogen-bond acceptors (Lipinski definition) is 1. The second-order valence-electron chi connectivity index (χ2n) is 7.10. The highest BCUT2D eigenvalue weighted by atomic mass is 15.0. The smallest absolute Gasteiger partial charge is 0.0991 e. The summed E-state index contributed by atoms with van der Waals surface area (Å²) in [4.78, 5) is 3.54. The summed E-state index contributed by atoms with van der Waals surface area (Å²) in [5, 5.41) is 14.1. The normalized spacial score (nSPS) is 11.5. The Balaban J connectivity index is 1.71. The molecule has 2 heterocycles. The maximum atomic E-state index is 9.32. The predicted molar refractivity (Wildman–Crippen MR) is 115 cm³/mol. The Morgan fingerprint density at radius 1 is 0.643 bits per heavy atom. The molecule has 0 saturated heterocycles. The molecule has 0 fully saturated rings. The SMILES string of the molecule is N#Cc1ccc2c(c1)c1ccccc1n2-c1ccc2c(c1)[nH]c1ccccc12. The number of aromatic amines is 1. The predicted octanol–water partition coefficient (Wildman–Crippen LogP) is 6.29. The van der Waals surface area contributed by atoms with Crippen molar-refractivity contribution in [3.8, 4) is 11.8 Å². The summed E-state index contributed by atoms with van der Waals surface area (Å²) in [6.45, 7) is 0. The lowest BCUT2D eigenvalue weighted by Gasteiger charge is -2.08. The van der Waals surface area contributed by atoms with Crippen LogP contribution in [0.2, 0.25) is 0 Å². The summed E-state index contributed by atoms with van der Waals surface area (Å²) >= 11 is 0. The van der Waals surface area contributed by atoms with Crippen molar-refractivity contribution < 1.29 is 0 Å². The van der Waals surface area contributed by atoms with Crippen LogP contribution >= 0.6 is 0 Å². The van der Waals surface area contributed by atoms with Crippen LogP contribution in [0.25, 0.3) is 49.3 Å². The van der Waals surface area contributed by atoms with Gasteiger partial charge in [0.15, 0.2) is 0 Å². The van der Waals surface area contributed by atoms with Crippen LogP contribution < -0.4 is 0 Å². The molecule has 6 aromatic rings. The van der Waals surface area contributed by atoms with Crippen molar-refractivity contribution in [3.05, 3.63) is 90.5 Å². The van der Waals surface area contributed by atoms with E-state index in [2.05, 4.69) is 76.3 Å². The Hall–Kier alpha value is -4.03. The topological polar surface area (TPSA) is 44.5 Å². The minimum Gasteiger partial charge on any atom is -0.354 e. The Bertz CT molecular complexity index is 1570. The van der Waals surface area contributed by atoms with Crippen LogP contribution in [0, 0.1) is 11.3 Å². The van der Waals surface area contributed by atoms with E-state index in [4.69, 9.17) is 0 Å². The molecule has 3 heteroatoms. The number of rotatable bonds is 1. The number of fused-ring (bicyclic) bond motifs is 6. The molecule has 0 amide bonds. The van der Waals surface area contributed by atoms with Gasteiger partial charge >= 0.3 is 0 Å². The molecule has 0 aliphatic heterocycles. The van der Waals surface area contributed by atoms with Crippen LogP contribution in [0.4, 0.5) is 0 Å². The van der Waals surface area contributed by atoms with Gasteiger partial charge in [-0.1, -0.05) is 42.5 Å². The van der Waals surface area contributed by atoms with Gasteiger partial charge in [-0.05, 0) is 42.5 Å². The van der Waals surface area contributed by atoms with Gasteiger partial charge in [0.2, 0.25) is 0 Å². The average Bonchev–Trinajstić information content (AvgIpc) is 3.28. The van der Waals surface area contributed by atoms with Crippen molar-refractivity contribution in [2.24, 2.45) is 0 Å². The first-order valence-corrected chi connectivity index (χ1v) is 9.28. The average molecular weight is 357 g/mol. The summed E-state index contributed by atoms with van der Waals surface area (Å²) in [5.74, 6) is 0. The highest BCUT2D eigenvalue weighted by Crippen LogP contribution is 2.34. The van der Waals surface area contributed by atoms with E-state index < -0.39 is 0 Å². The summed E-state index contributed by atoms with van der Waals surface area (Å²) in [5.41, 5.74) is 6.31. The van der Waals surface area contributed by atoms with Crippen LogP contribution in [-0.2, 0) is 0 Å². The van der Waals surface area contributed by atoms with E-state index in [1.165, 1.54) is 10.8 Å². The van der Waals surface area contributed by atoms with Crippen LogP contribution in [0.3, 0.4) is 0 Å². The molecule has 4 aromatic carbocycles. The van der Waals surface area contributed by atoms with Crippen molar-refractivity contribution in [2.75, 3.05) is 0 Å². The molecule has 0 saturated carbocycles. The van der Waals surface area contributed by atoms with E-state index in [0.29, 0.717) is 5.56 Å². The number of nitriles is 1. The van der Waals surface area contributed by atoms with Gasteiger partial charge < -0.3 is 9.55 Å². The standard InChI is InChI=1S/C25H15N3/c26-15-16-9-12-25-21(13-16)20-6-2-4-8-24(20)28(25)17-10-11-19-18-5-1-3-7-22(18)27-23(19)14-17/h1-14,27H. The van der Waals surface area contributed by atoms with Gasteiger partial charge in [-0.25, -0.2) is 0 Å². The van der Waals surface area contributed by atoms with E-state index >= 15 is 0 Å². The van der Waals surface area contributed by atoms with E-state index in [1.807, 2.05) is 24.3 Å². The van der Waals surface area contributed by atoms with Crippen molar-refractivity contribution in [1.29, 1.82) is 5.26 Å². The minimum atomic E-state index is 0.682. The molecular weight excluding hydrogens is 342 g/mol. The van der Waals surface area contributed by atoms with Crippen LogP contribution in [0.1, 0.15) is 5.56 Å². The Kier molecular flexibility index (Phi) is 2.95. The number of benzene rings is 4. The summed E-state index contributed by atoms with van der Waals surface area (Å²) in [7, 11) is 0. The number of H-pyrrole nitrogens is 1. The fourth-order valence-electron chi connectivity index (χ4n) is 4.30. The van der Waals surface area contributed by atoms with E-state index in [9.17, 15) is 5.26 Å². The van der Waals surface area contributed by atoms with Crippen molar-refractivity contribution in [1.82, 2.24) is 9.55 Å². The summed E-state index contributed by atoms with van der Waals surface area (Å²) in [6.07, 6.45) is 0. The number of nitrogens with one attached hydrogen (secondary N) is 1. The van der Waals surface area contributed by atoms with Crippen molar-refractivity contribution in [2.45, 2.75) is 0 Å². The van der Waals surface area contributed by atoms with Gasteiger partial charge in [-0.15, -0.1) is 0 Å². The molecule has 130 valence electrons. The lowest BCUT2D eigenvalue weighted by Crippen LogP contribution is -1.93. The molecule has 0 bridgehead atoms. The van der Waals surface area contributed by atoms with Crippen LogP contribution in [0.15, 0.2) is 84.9 Å². The Labute approximate surface area is 161 Å². The third-order valence-corrected chi connectivity index (χ3v) is 5.55. The molecule has 6 rings (SSSR count). The fraction of sp³-hybridized carbons (Fsp3) is 0. The summed E-state index contributed by atoms with van der Waals surface area (Å²) < 4.78 is 2.27. The number of aromatic nitrogens is 2. The lowest BCUT2D eigenvalue weighted by atomic mass is 10.1. The van der Waals surface area contributed by atoms with Crippen LogP contribution in [0.5, 0.6) is 0 Å². The van der Waals surface area contributed by atoms with E-state index in [1.54, 1.807) is 0 Å². The van der Waals surface area contributed by atoms with Crippen molar-refractivity contribution in [3.63, 3.8) is 0 Å². The van der Waals surface area contributed by atoms with E-state index in [0.717, 1.165) is 38.5 Å². The number of hydrogen-bond donors (Lipinski definition) is 1. The Morgan fingerprint density at radius 2 is 1.39 bits per heavy atom. The third kappa shape index (κ3) is 1.97. The van der Waals surface area contributed by atoms with Gasteiger partial charge in [0.05, 0.1) is 22.7 Å². The monoisotopic (exact) mass is 357 g/mol. The maximum Gasteiger partial charge on any atom is 0.0991 e. The first-order valence-electron chi connectivity index (χ1n) is 9.28. The van der Waals surface area contributed by atoms with Gasteiger partial charge in [-0.3, -0.25) is 0 Å². The molecule has 28 heavy (non-hydrogen) atoms. The molecule has 3 nitrogen and oxygen atoms in total. The largest absolute Gasteiger partial charge is 0.354 e. The first kappa shape index (κ1) is 15.1. The molecule has 1 N–H and O–H groups in total. The Morgan fingerprint density at radius 3 is 2.29 bits per heavy atom. The zero-order chi connectivity index (χ0) is 18.7. The zero-order valence-electron chi connectivity index (χ0n) is 15.0. The highest BCUT2D eigenvalue weighted by molar-refractivity contribution is 6.11. The first-order chi connectivity index (χ1) is 13.8. The minimum absolute atomic E-state index is 0.682. The van der Waals surface area contributed by atoms with Gasteiger partial charge in [-0.2, -0.15) is 5.26 Å². The van der Waals surface area contributed by atoms with Gasteiger partial charge in [0.25, 0.3) is 0 Å². The fourth-order valence-corrected chi connectivity index (χ4v) is 4.30. The van der Waals surface area contributed by atoms with E-state index in [-0.39, 0.29) is 0 Å². The van der Waals surface area contributed by atoms with Crippen molar-refractivity contribution >= 4 is 43.6 Å².